The molecule has 0 saturated carbocycles. The minimum Gasteiger partial charge on any atom is -0.492 e. The standard InChI is InChI=1S/C27H25FN2O3/c28-24-8-4-5-9-25(24)30-14-12-29(13-15-30)16-17-32-21-10-11-22-26(18-21)33-19-23(27(22)31)20-6-2-1-3-7-20/h1-11,18-19H,12-17H2. The van der Waals surface area contributed by atoms with E-state index >= 15 is 0 Å². The maximum atomic E-state index is 14.0. The Morgan fingerprint density at radius 3 is 2.45 bits per heavy atom. The third-order valence-corrected chi connectivity index (χ3v) is 6.07. The van der Waals surface area contributed by atoms with Crippen molar-refractivity contribution in [2.24, 2.45) is 0 Å². The van der Waals surface area contributed by atoms with Gasteiger partial charge in [0.2, 0.25) is 0 Å². The fourth-order valence-corrected chi connectivity index (χ4v) is 4.23. The molecule has 0 spiro atoms. The minimum atomic E-state index is -0.173. The molecule has 1 saturated heterocycles. The van der Waals surface area contributed by atoms with Gasteiger partial charge >= 0.3 is 0 Å². The summed E-state index contributed by atoms with van der Waals surface area (Å²) >= 11 is 0. The Balaban J connectivity index is 1.18. The highest BCUT2D eigenvalue weighted by Crippen LogP contribution is 2.23. The van der Waals surface area contributed by atoms with E-state index in [0.717, 1.165) is 38.3 Å². The van der Waals surface area contributed by atoms with E-state index in [2.05, 4.69) is 9.80 Å². The molecule has 168 valence electrons. The number of hydrogen-bond donors (Lipinski definition) is 0. The summed E-state index contributed by atoms with van der Waals surface area (Å²) in [5.41, 5.74) is 2.51. The van der Waals surface area contributed by atoms with E-state index in [1.54, 1.807) is 18.2 Å². The van der Waals surface area contributed by atoms with E-state index < -0.39 is 0 Å². The van der Waals surface area contributed by atoms with Crippen molar-refractivity contribution < 1.29 is 13.5 Å². The Morgan fingerprint density at radius 1 is 0.909 bits per heavy atom. The summed E-state index contributed by atoms with van der Waals surface area (Å²) in [5, 5.41) is 0.535. The molecule has 0 unspecified atom stereocenters. The van der Waals surface area contributed by atoms with Gasteiger partial charge in [-0.25, -0.2) is 4.39 Å². The number of anilines is 1. The molecule has 0 radical (unpaired) electrons. The van der Waals surface area contributed by atoms with Crippen LogP contribution in [0.3, 0.4) is 0 Å². The van der Waals surface area contributed by atoms with Gasteiger partial charge in [-0.15, -0.1) is 0 Å². The third kappa shape index (κ3) is 4.61. The molecule has 5 rings (SSSR count). The van der Waals surface area contributed by atoms with Crippen molar-refractivity contribution in [1.29, 1.82) is 0 Å². The largest absolute Gasteiger partial charge is 0.492 e. The molecule has 3 aromatic carbocycles. The number of ether oxygens (including phenoxy) is 1. The molecule has 33 heavy (non-hydrogen) atoms. The van der Waals surface area contributed by atoms with Crippen molar-refractivity contribution in [3.05, 3.63) is 95.1 Å². The zero-order valence-corrected chi connectivity index (χ0v) is 18.2. The molecular weight excluding hydrogens is 419 g/mol. The first-order valence-electron chi connectivity index (χ1n) is 11.1. The fraction of sp³-hybridized carbons (Fsp3) is 0.222. The predicted octanol–water partition coefficient (Wildman–Crippen LogP) is 4.80. The van der Waals surface area contributed by atoms with Crippen LogP contribution in [0.2, 0.25) is 0 Å². The summed E-state index contributed by atoms with van der Waals surface area (Å²) in [6.45, 7) is 4.58. The van der Waals surface area contributed by atoms with Crippen molar-refractivity contribution in [1.82, 2.24) is 4.90 Å². The van der Waals surface area contributed by atoms with E-state index in [9.17, 15) is 9.18 Å². The lowest BCUT2D eigenvalue weighted by Gasteiger charge is -2.36. The van der Waals surface area contributed by atoms with Gasteiger partial charge in [0, 0.05) is 38.8 Å². The van der Waals surface area contributed by atoms with Crippen LogP contribution in [0.25, 0.3) is 22.1 Å². The number of fused-ring (bicyclic) bond motifs is 1. The molecule has 0 amide bonds. The van der Waals surface area contributed by atoms with Crippen LogP contribution in [0.1, 0.15) is 0 Å². The van der Waals surface area contributed by atoms with Gasteiger partial charge in [-0.3, -0.25) is 9.69 Å². The summed E-state index contributed by atoms with van der Waals surface area (Å²) in [6, 6.07) is 21.8. The third-order valence-electron chi connectivity index (χ3n) is 6.07. The molecule has 1 aliphatic heterocycles. The second-order valence-electron chi connectivity index (χ2n) is 8.13. The van der Waals surface area contributed by atoms with Crippen molar-refractivity contribution >= 4 is 16.7 Å². The fourth-order valence-electron chi connectivity index (χ4n) is 4.23. The van der Waals surface area contributed by atoms with E-state index in [-0.39, 0.29) is 11.2 Å². The van der Waals surface area contributed by atoms with E-state index in [0.29, 0.717) is 34.6 Å². The second kappa shape index (κ2) is 9.46. The van der Waals surface area contributed by atoms with Crippen molar-refractivity contribution in [3.8, 4) is 16.9 Å². The summed E-state index contributed by atoms with van der Waals surface area (Å²) in [6.07, 6.45) is 1.51. The van der Waals surface area contributed by atoms with Crippen LogP contribution in [0.4, 0.5) is 10.1 Å². The lowest BCUT2D eigenvalue weighted by molar-refractivity contribution is 0.200. The van der Waals surface area contributed by atoms with Crippen molar-refractivity contribution in [2.75, 3.05) is 44.2 Å². The number of para-hydroxylation sites is 1. The highest BCUT2D eigenvalue weighted by molar-refractivity contribution is 5.82. The van der Waals surface area contributed by atoms with Crippen LogP contribution < -0.4 is 15.1 Å². The Kier molecular flexibility index (Phi) is 6.09. The predicted molar refractivity (Wildman–Crippen MR) is 128 cm³/mol. The van der Waals surface area contributed by atoms with Crippen LogP contribution in [0, 0.1) is 5.82 Å². The first kappa shape index (κ1) is 21.2. The molecule has 1 fully saturated rings. The van der Waals surface area contributed by atoms with E-state index in [4.69, 9.17) is 9.15 Å². The lowest BCUT2D eigenvalue weighted by Crippen LogP contribution is -2.47. The normalized spacial score (nSPS) is 14.5. The molecule has 1 aromatic heterocycles. The first-order valence-corrected chi connectivity index (χ1v) is 11.1. The Hall–Kier alpha value is -3.64. The smallest absolute Gasteiger partial charge is 0.200 e. The van der Waals surface area contributed by atoms with Gasteiger partial charge in [-0.1, -0.05) is 42.5 Å². The van der Waals surface area contributed by atoms with Gasteiger partial charge in [0.1, 0.15) is 30.0 Å². The topological polar surface area (TPSA) is 45.9 Å². The first-order chi connectivity index (χ1) is 16.2. The van der Waals surface area contributed by atoms with Gasteiger partial charge in [-0.05, 0) is 29.8 Å². The van der Waals surface area contributed by atoms with E-state index in [1.165, 1.54) is 12.3 Å². The molecule has 6 heteroatoms. The second-order valence-corrected chi connectivity index (χ2v) is 8.13. The van der Waals surface area contributed by atoms with Gasteiger partial charge in [0.05, 0.1) is 16.6 Å². The number of benzene rings is 3. The summed E-state index contributed by atoms with van der Waals surface area (Å²) in [4.78, 5) is 17.3. The van der Waals surface area contributed by atoms with Gasteiger partial charge in [0.15, 0.2) is 5.43 Å². The Morgan fingerprint density at radius 2 is 1.67 bits per heavy atom. The van der Waals surface area contributed by atoms with Crippen LogP contribution in [0.15, 0.2) is 88.3 Å². The zero-order valence-electron chi connectivity index (χ0n) is 18.2. The SMILES string of the molecule is O=c1c(-c2ccccc2)coc2cc(OCCN3CCN(c4ccccc4F)CC3)ccc12. The molecule has 0 bridgehead atoms. The number of nitrogens with zero attached hydrogens (tertiary/aromatic N) is 2. The quantitative estimate of drug-likeness (QED) is 0.428. The molecule has 5 nitrogen and oxygen atoms in total. The number of hydrogen-bond acceptors (Lipinski definition) is 5. The molecule has 4 aromatic rings. The average Bonchev–Trinajstić information content (AvgIpc) is 2.86. The number of rotatable bonds is 6. The molecule has 0 N–H and O–H groups in total. The molecule has 0 aliphatic carbocycles. The summed E-state index contributed by atoms with van der Waals surface area (Å²) in [5.74, 6) is 0.497. The monoisotopic (exact) mass is 444 g/mol. The lowest BCUT2D eigenvalue weighted by atomic mass is 10.1. The summed E-state index contributed by atoms with van der Waals surface area (Å²) in [7, 11) is 0. The van der Waals surface area contributed by atoms with Crippen molar-refractivity contribution in [2.45, 2.75) is 0 Å². The van der Waals surface area contributed by atoms with Crippen LogP contribution in [-0.2, 0) is 0 Å². The van der Waals surface area contributed by atoms with Crippen molar-refractivity contribution in [3.63, 3.8) is 0 Å². The van der Waals surface area contributed by atoms with Crippen LogP contribution >= 0.6 is 0 Å². The van der Waals surface area contributed by atoms with Crippen LogP contribution in [-0.4, -0.2) is 44.2 Å². The molecule has 2 heterocycles. The number of piperazine rings is 1. The van der Waals surface area contributed by atoms with Gasteiger partial charge in [-0.2, -0.15) is 0 Å². The van der Waals surface area contributed by atoms with Crippen LogP contribution in [0.5, 0.6) is 5.75 Å². The minimum absolute atomic E-state index is 0.0540. The van der Waals surface area contributed by atoms with Gasteiger partial charge in [0.25, 0.3) is 0 Å². The highest BCUT2D eigenvalue weighted by Gasteiger charge is 2.19. The Bertz CT molecular complexity index is 1300. The Labute approximate surface area is 191 Å². The average molecular weight is 445 g/mol. The number of halogens is 1. The maximum absolute atomic E-state index is 14.0. The zero-order chi connectivity index (χ0) is 22.6. The molecule has 1 aliphatic rings. The van der Waals surface area contributed by atoms with Gasteiger partial charge < -0.3 is 14.1 Å². The summed E-state index contributed by atoms with van der Waals surface area (Å²) < 4.78 is 25.7. The maximum Gasteiger partial charge on any atom is 0.200 e. The molecule has 0 atom stereocenters. The van der Waals surface area contributed by atoms with E-state index in [1.807, 2.05) is 48.5 Å². The highest BCUT2D eigenvalue weighted by atomic mass is 19.1. The molecular formula is C27H25FN2O3.